The molecule has 2 heterocycles. The molecule has 0 aliphatic rings. The minimum Gasteiger partial charge on any atom is -0.493 e. The second-order valence-corrected chi connectivity index (χ2v) is 5.36. The summed E-state index contributed by atoms with van der Waals surface area (Å²) in [5.41, 5.74) is 0.732. The molecule has 1 N–H and O–H groups in total. The molecule has 0 saturated heterocycles. The van der Waals surface area contributed by atoms with Crippen LogP contribution in [0.15, 0.2) is 53.4 Å². The number of aromatic nitrogens is 2. The van der Waals surface area contributed by atoms with Crippen molar-refractivity contribution >= 4 is 5.91 Å². The lowest BCUT2D eigenvalue weighted by atomic mass is 10.0. The fraction of sp³-hybridized carbons (Fsp3) is 0.222. The van der Waals surface area contributed by atoms with Gasteiger partial charge in [-0.25, -0.2) is 4.98 Å². The minimum atomic E-state index is -0.539. The van der Waals surface area contributed by atoms with E-state index in [1.165, 1.54) is 6.26 Å². The molecule has 0 radical (unpaired) electrons. The predicted molar refractivity (Wildman–Crippen MR) is 90.8 cm³/mol. The topological polar surface area (TPSA) is 78.5 Å². The number of aryl methyl sites for hydroxylation is 1. The van der Waals surface area contributed by atoms with Crippen molar-refractivity contribution in [1.29, 1.82) is 0 Å². The molecule has 0 spiro atoms. The van der Waals surface area contributed by atoms with E-state index >= 15 is 0 Å². The number of furan rings is 1. The molecule has 2 aromatic heterocycles. The summed E-state index contributed by atoms with van der Waals surface area (Å²) in [5, 5.41) is 2.95. The number of nitrogens with one attached hydrogen (secondary N) is 1. The van der Waals surface area contributed by atoms with E-state index in [-0.39, 0.29) is 11.7 Å². The fourth-order valence-electron chi connectivity index (χ4n) is 2.69. The Kier molecular flexibility index (Phi) is 4.74. The van der Waals surface area contributed by atoms with Crippen molar-refractivity contribution < 1.29 is 18.7 Å². The van der Waals surface area contributed by atoms with Crippen molar-refractivity contribution in [2.75, 3.05) is 14.2 Å². The van der Waals surface area contributed by atoms with Crippen LogP contribution in [0.25, 0.3) is 0 Å². The van der Waals surface area contributed by atoms with E-state index in [1.807, 2.05) is 29.9 Å². The lowest BCUT2D eigenvalue weighted by molar-refractivity contribution is 0.0912. The van der Waals surface area contributed by atoms with Gasteiger partial charge in [-0.2, -0.15) is 0 Å². The molecule has 1 atom stereocenters. The van der Waals surface area contributed by atoms with Gasteiger partial charge in [0.1, 0.15) is 11.9 Å². The van der Waals surface area contributed by atoms with Crippen molar-refractivity contribution in [3.8, 4) is 11.5 Å². The quantitative estimate of drug-likeness (QED) is 0.745. The lowest BCUT2D eigenvalue weighted by Crippen LogP contribution is -2.31. The summed E-state index contributed by atoms with van der Waals surface area (Å²) in [5.74, 6) is 1.65. The number of ether oxygens (including phenoxy) is 2. The van der Waals surface area contributed by atoms with Crippen LogP contribution in [0, 0.1) is 0 Å². The first-order valence-corrected chi connectivity index (χ1v) is 7.68. The number of imidazole rings is 1. The van der Waals surface area contributed by atoms with Crippen LogP contribution in [0.4, 0.5) is 0 Å². The summed E-state index contributed by atoms with van der Waals surface area (Å²) in [6, 6.07) is 8.23. The Labute approximate surface area is 145 Å². The van der Waals surface area contributed by atoms with Crippen LogP contribution in [0.5, 0.6) is 11.5 Å². The van der Waals surface area contributed by atoms with Crippen LogP contribution in [0.1, 0.15) is 28.0 Å². The Morgan fingerprint density at radius 1 is 1.24 bits per heavy atom. The third-order valence-corrected chi connectivity index (χ3v) is 3.88. The number of hydrogen-bond donors (Lipinski definition) is 1. The fourth-order valence-corrected chi connectivity index (χ4v) is 2.69. The van der Waals surface area contributed by atoms with Crippen LogP contribution in [-0.4, -0.2) is 29.7 Å². The Balaban J connectivity index is 2.06. The van der Waals surface area contributed by atoms with E-state index in [0.717, 1.165) is 5.56 Å². The van der Waals surface area contributed by atoms with E-state index < -0.39 is 6.04 Å². The van der Waals surface area contributed by atoms with Crippen molar-refractivity contribution in [2.24, 2.45) is 7.05 Å². The average Bonchev–Trinajstić information content (AvgIpc) is 3.30. The number of carbonyl (C=O) groups is 1. The van der Waals surface area contributed by atoms with Gasteiger partial charge in [-0.05, 0) is 18.2 Å². The summed E-state index contributed by atoms with van der Waals surface area (Å²) < 4.78 is 17.9. The van der Waals surface area contributed by atoms with E-state index in [1.54, 1.807) is 38.6 Å². The second-order valence-electron chi connectivity index (χ2n) is 5.36. The molecule has 3 aromatic rings. The first kappa shape index (κ1) is 16.6. The summed E-state index contributed by atoms with van der Waals surface area (Å²) in [7, 11) is 4.99. The number of carbonyl (C=O) groups excluding carboxylic acids is 1. The molecule has 1 aromatic carbocycles. The normalized spacial score (nSPS) is 11.8. The third-order valence-electron chi connectivity index (χ3n) is 3.88. The number of rotatable bonds is 6. The number of benzene rings is 1. The van der Waals surface area contributed by atoms with Gasteiger partial charge in [-0.3, -0.25) is 4.79 Å². The summed E-state index contributed by atoms with van der Waals surface area (Å²) in [6.45, 7) is 0. The van der Waals surface area contributed by atoms with Gasteiger partial charge in [-0.15, -0.1) is 0 Å². The molecular formula is C18H19N3O4. The average molecular weight is 341 g/mol. The minimum absolute atomic E-state index is 0.223. The van der Waals surface area contributed by atoms with Gasteiger partial charge in [0.15, 0.2) is 17.3 Å². The van der Waals surface area contributed by atoms with E-state index in [2.05, 4.69) is 10.3 Å². The van der Waals surface area contributed by atoms with Crippen LogP contribution >= 0.6 is 0 Å². The Morgan fingerprint density at radius 2 is 2.08 bits per heavy atom. The van der Waals surface area contributed by atoms with Gasteiger partial charge in [0.25, 0.3) is 5.91 Å². The maximum atomic E-state index is 12.5. The van der Waals surface area contributed by atoms with Crippen LogP contribution in [0.3, 0.4) is 0 Å². The Bertz CT molecular complexity index is 855. The molecule has 0 unspecified atom stereocenters. The molecule has 0 bridgehead atoms. The molecule has 130 valence electrons. The standard InChI is InChI=1S/C18H19N3O4/c1-21-10-9-19-17(21)15(20-18(22)14-8-5-11-25-14)12-6-4-7-13(23-2)16(12)24-3/h4-11,15H,1-3H3,(H,20,22)/t15-/m1/s1. The van der Waals surface area contributed by atoms with Gasteiger partial charge in [0, 0.05) is 25.0 Å². The van der Waals surface area contributed by atoms with Crippen molar-refractivity contribution in [3.63, 3.8) is 0 Å². The monoisotopic (exact) mass is 341 g/mol. The second kappa shape index (κ2) is 7.12. The van der Waals surface area contributed by atoms with E-state index in [4.69, 9.17) is 13.9 Å². The highest BCUT2D eigenvalue weighted by Gasteiger charge is 2.26. The van der Waals surface area contributed by atoms with Gasteiger partial charge < -0.3 is 23.8 Å². The summed E-state index contributed by atoms with van der Waals surface area (Å²) in [6.07, 6.45) is 4.94. The molecular weight excluding hydrogens is 322 g/mol. The van der Waals surface area contributed by atoms with Crippen molar-refractivity contribution in [1.82, 2.24) is 14.9 Å². The maximum Gasteiger partial charge on any atom is 0.287 e. The predicted octanol–water partition coefficient (Wildman–Crippen LogP) is 2.55. The lowest BCUT2D eigenvalue weighted by Gasteiger charge is -2.22. The number of para-hydroxylation sites is 1. The van der Waals surface area contributed by atoms with E-state index in [0.29, 0.717) is 17.3 Å². The molecule has 7 heteroatoms. The molecule has 25 heavy (non-hydrogen) atoms. The highest BCUT2D eigenvalue weighted by molar-refractivity contribution is 5.92. The summed E-state index contributed by atoms with van der Waals surface area (Å²) >= 11 is 0. The smallest absolute Gasteiger partial charge is 0.287 e. The first-order chi connectivity index (χ1) is 12.2. The van der Waals surface area contributed by atoms with Crippen molar-refractivity contribution in [2.45, 2.75) is 6.04 Å². The zero-order valence-corrected chi connectivity index (χ0v) is 14.2. The van der Waals surface area contributed by atoms with E-state index in [9.17, 15) is 4.79 Å². The van der Waals surface area contributed by atoms with Gasteiger partial charge in [0.2, 0.25) is 0 Å². The number of hydrogen-bond acceptors (Lipinski definition) is 5. The molecule has 0 fully saturated rings. The first-order valence-electron chi connectivity index (χ1n) is 7.68. The zero-order valence-electron chi connectivity index (χ0n) is 14.2. The highest BCUT2D eigenvalue weighted by atomic mass is 16.5. The highest BCUT2D eigenvalue weighted by Crippen LogP contribution is 2.36. The van der Waals surface area contributed by atoms with Crippen LogP contribution in [0.2, 0.25) is 0 Å². The Hall–Kier alpha value is -3.22. The number of nitrogens with zero attached hydrogens (tertiary/aromatic N) is 2. The largest absolute Gasteiger partial charge is 0.493 e. The molecule has 0 aliphatic heterocycles. The van der Waals surface area contributed by atoms with Gasteiger partial charge in [0.05, 0.1) is 20.5 Å². The number of amides is 1. The molecule has 1 amide bonds. The zero-order chi connectivity index (χ0) is 17.8. The van der Waals surface area contributed by atoms with Crippen LogP contribution in [-0.2, 0) is 7.05 Å². The molecule has 7 nitrogen and oxygen atoms in total. The third kappa shape index (κ3) is 3.21. The Morgan fingerprint density at radius 3 is 2.68 bits per heavy atom. The van der Waals surface area contributed by atoms with Crippen molar-refractivity contribution in [3.05, 3.63) is 66.1 Å². The molecule has 0 aliphatic carbocycles. The molecule has 3 rings (SSSR count). The maximum absolute atomic E-state index is 12.5. The number of methoxy groups -OCH3 is 2. The van der Waals surface area contributed by atoms with Gasteiger partial charge >= 0.3 is 0 Å². The summed E-state index contributed by atoms with van der Waals surface area (Å²) in [4.78, 5) is 16.9. The van der Waals surface area contributed by atoms with Gasteiger partial charge in [-0.1, -0.05) is 12.1 Å². The van der Waals surface area contributed by atoms with Crippen LogP contribution < -0.4 is 14.8 Å². The molecule has 0 saturated carbocycles. The SMILES string of the molecule is COc1cccc([C@@H](NC(=O)c2ccco2)c2nccn2C)c1OC.